The number of aromatic amines is 1. The van der Waals surface area contributed by atoms with Crippen LogP contribution in [0, 0.1) is 19.3 Å². The molecule has 1 heterocycles. The number of nitrogens with two attached hydrogens (primary N) is 1. The van der Waals surface area contributed by atoms with Crippen LogP contribution in [0.5, 0.6) is 0 Å². The van der Waals surface area contributed by atoms with Gasteiger partial charge in [-0.05, 0) is 49.3 Å². The number of fused-ring (bicyclic) bond motifs is 3. The first-order valence-electron chi connectivity index (χ1n) is 6.75. The number of benzene rings is 1. The topological polar surface area (TPSA) is 41.8 Å². The van der Waals surface area contributed by atoms with Crippen molar-refractivity contribution in [3.05, 3.63) is 34.5 Å². The minimum absolute atomic E-state index is 0.165. The molecule has 0 radical (unpaired) electrons. The molecule has 0 saturated heterocycles. The van der Waals surface area contributed by atoms with Crippen molar-refractivity contribution < 1.29 is 0 Å². The van der Waals surface area contributed by atoms with Gasteiger partial charge in [0, 0.05) is 22.6 Å². The Bertz CT molecular complexity index is 620. The van der Waals surface area contributed by atoms with Gasteiger partial charge in [-0.15, -0.1) is 0 Å². The van der Waals surface area contributed by atoms with E-state index in [9.17, 15) is 0 Å². The van der Waals surface area contributed by atoms with Crippen molar-refractivity contribution in [2.45, 2.75) is 46.6 Å². The third-order valence-electron chi connectivity index (χ3n) is 4.17. The van der Waals surface area contributed by atoms with E-state index >= 15 is 0 Å². The van der Waals surface area contributed by atoms with Crippen LogP contribution in [0.2, 0.25) is 0 Å². The zero-order valence-electron chi connectivity index (χ0n) is 11.7. The molecule has 1 atom stereocenters. The molecule has 0 saturated carbocycles. The number of aromatic nitrogens is 1. The van der Waals surface area contributed by atoms with E-state index in [0.717, 1.165) is 12.8 Å². The fourth-order valence-electron chi connectivity index (χ4n) is 3.54. The van der Waals surface area contributed by atoms with Crippen molar-refractivity contribution in [3.63, 3.8) is 0 Å². The Labute approximate surface area is 109 Å². The lowest BCUT2D eigenvalue weighted by atomic mass is 9.74. The first kappa shape index (κ1) is 11.8. The molecule has 3 rings (SSSR count). The Morgan fingerprint density at radius 1 is 1.28 bits per heavy atom. The monoisotopic (exact) mass is 242 g/mol. The van der Waals surface area contributed by atoms with E-state index in [-0.39, 0.29) is 6.04 Å². The van der Waals surface area contributed by atoms with Gasteiger partial charge in [0.25, 0.3) is 0 Å². The van der Waals surface area contributed by atoms with Crippen LogP contribution in [0.1, 0.15) is 48.7 Å². The van der Waals surface area contributed by atoms with Crippen LogP contribution < -0.4 is 5.73 Å². The maximum atomic E-state index is 6.41. The highest BCUT2D eigenvalue weighted by Crippen LogP contribution is 2.43. The summed E-state index contributed by atoms with van der Waals surface area (Å²) in [6.07, 6.45) is 2.17. The van der Waals surface area contributed by atoms with Crippen LogP contribution in [0.15, 0.2) is 12.1 Å². The standard InChI is InChI=1S/C16H22N2/c1-9-5-10(2)15-11(6-9)14-12(17)7-16(3,4)8-13(14)18-15/h5-6,12,18H,7-8,17H2,1-4H3. The number of hydrogen-bond donors (Lipinski definition) is 2. The number of hydrogen-bond acceptors (Lipinski definition) is 1. The van der Waals surface area contributed by atoms with Gasteiger partial charge < -0.3 is 10.7 Å². The van der Waals surface area contributed by atoms with Gasteiger partial charge in [-0.2, -0.15) is 0 Å². The normalized spacial score (nSPS) is 22.2. The van der Waals surface area contributed by atoms with E-state index in [0.29, 0.717) is 5.41 Å². The number of nitrogens with one attached hydrogen (secondary N) is 1. The van der Waals surface area contributed by atoms with Gasteiger partial charge in [-0.1, -0.05) is 25.5 Å². The molecule has 0 spiro atoms. The molecule has 1 aromatic carbocycles. The van der Waals surface area contributed by atoms with Gasteiger partial charge in [-0.3, -0.25) is 0 Å². The van der Waals surface area contributed by atoms with E-state index in [1.165, 1.54) is 33.3 Å². The summed E-state index contributed by atoms with van der Waals surface area (Å²) in [6.45, 7) is 8.94. The highest BCUT2D eigenvalue weighted by atomic mass is 14.8. The molecule has 96 valence electrons. The molecular weight excluding hydrogens is 220 g/mol. The maximum absolute atomic E-state index is 6.41. The van der Waals surface area contributed by atoms with Crippen molar-refractivity contribution in [3.8, 4) is 0 Å². The second-order valence-corrected chi connectivity index (χ2v) is 6.67. The highest BCUT2D eigenvalue weighted by molar-refractivity contribution is 5.88. The summed E-state index contributed by atoms with van der Waals surface area (Å²) in [7, 11) is 0. The molecule has 2 nitrogen and oxygen atoms in total. The lowest BCUT2D eigenvalue weighted by molar-refractivity contribution is 0.281. The third kappa shape index (κ3) is 1.67. The van der Waals surface area contributed by atoms with Crippen LogP contribution in [-0.2, 0) is 6.42 Å². The summed E-state index contributed by atoms with van der Waals surface area (Å²) in [5.41, 5.74) is 13.3. The summed E-state index contributed by atoms with van der Waals surface area (Å²) >= 11 is 0. The average Bonchev–Trinajstić information content (AvgIpc) is 2.54. The summed E-state index contributed by atoms with van der Waals surface area (Å²) < 4.78 is 0. The molecule has 1 unspecified atom stereocenters. The van der Waals surface area contributed by atoms with E-state index in [4.69, 9.17) is 5.73 Å². The van der Waals surface area contributed by atoms with Crippen LogP contribution in [0.4, 0.5) is 0 Å². The molecule has 3 N–H and O–H groups in total. The minimum atomic E-state index is 0.165. The number of rotatable bonds is 0. The summed E-state index contributed by atoms with van der Waals surface area (Å²) in [5.74, 6) is 0. The highest BCUT2D eigenvalue weighted by Gasteiger charge is 2.33. The lowest BCUT2D eigenvalue weighted by Gasteiger charge is -2.33. The van der Waals surface area contributed by atoms with Gasteiger partial charge in [0.05, 0.1) is 0 Å². The fourth-order valence-corrected chi connectivity index (χ4v) is 3.54. The Morgan fingerprint density at radius 3 is 2.72 bits per heavy atom. The first-order valence-corrected chi connectivity index (χ1v) is 6.75. The van der Waals surface area contributed by atoms with Gasteiger partial charge in [0.1, 0.15) is 0 Å². The Hall–Kier alpha value is -1.28. The van der Waals surface area contributed by atoms with Crippen molar-refractivity contribution in [1.29, 1.82) is 0 Å². The maximum Gasteiger partial charge on any atom is 0.0489 e. The summed E-state index contributed by atoms with van der Waals surface area (Å²) in [4.78, 5) is 3.62. The van der Waals surface area contributed by atoms with Crippen LogP contribution in [-0.4, -0.2) is 4.98 Å². The molecule has 1 aliphatic carbocycles. The molecular formula is C16H22N2. The summed E-state index contributed by atoms with van der Waals surface area (Å²) in [6, 6.07) is 4.68. The predicted octanol–water partition coefficient (Wildman–Crippen LogP) is 3.76. The van der Waals surface area contributed by atoms with Gasteiger partial charge in [0.2, 0.25) is 0 Å². The van der Waals surface area contributed by atoms with Gasteiger partial charge in [-0.25, -0.2) is 0 Å². The molecule has 18 heavy (non-hydrogen) atoms. The lowest BCUT2D eigenvalue weighted by Crippen LogP contribution is -2.29. The Kier molecular flexibility index (Phi) is 2.36. The zero-order valence-corrected chi connectivity index (χ0v) is 11.7. The third-order valence-corrected chi connectivity index (χ3v) is 4.17. The largest absolute Gasteiger partial charge is 0.358 e. The smallest absolute Gasteiger partial charge is 0.0489 e. The predicted molar refractivity (Wildman–Crippen MR) is 76.8 cm³/mol. The van der Waals surface area contributed by atoms with Crippen molar-refractivity contribution in [2.75, 3.05) is 0 Å². The second kappa shape index (κ2) is 3.61. The van der Waals surface area contributed by atoms with Crippen molar-refractivity contribution in [2.24, 2.45) is 11.1 Å². The molecule has 0 amide bonds. The average molecular weight is 242 g/mol. The minimum Gasteiger partial charge on any atom is -0.358 e. The van der Waals surface area contributed by atoms with Crippen molar-refractivity contribution >= 4 is 10.9 Å². The number of H-pyrrole nitrogens is 1. The molecule has 0 bridgehead atoms. The zero-order chi connectivity index (χ0) is 13.1. The van der Waals surface area contributed by atoms with Crippen LogP contribution >= 0.6 is 0 Å². The Morgan fingerprint density at radius 2 is 2.00 bits per heavy atom. The van der Waals surface area contributed by atoms with Gasteiger partial charge >= 0.3 is 0 Å². The van der Waals surface area contributed by atoms with Crippen LogP contribution in [0.3, 0.4) is 0 Å². The van der Waals surface area contributed by atoms with Crippen LogP contribution in [0.25, 0.3) is 10.9 Å². The summed E-state index contributed by atoms with van der Waals surface area (Å²) in [5, 5.41) is 1.34. The molecule has 0 fully saturated rings. The quantitative estimate of drug-likeness (QED) is 0.725. The van der Waals surface area contributed by atoms with E-state index < -0.39 is 0 Å². The van der Waals surface area contributed by atoms with Gasteiger partial charge in [0.15, 0.2) is 0 Å². The molecule has 1 aromatic heterocycles. The fraction of sp³-hybridized carbons (Fsp3) is 0.500. The molecule has 0 aliphatic heterocycles. The first-order chi connectivity index (χ1) is 8.37. The van der Waals surface area contributed by atoms with Crippen molar-refractivity contribution in [1.82, 2.24) is 4.98 Å². The second-order valence-electron chi connectivity index (χ2n) is 6.67. The van der Waals surface area contributed by atoms with E-state index in [2.05, 4.69) is 44.8 Å². The molecule has 1 aliphatic rings. The number of aryl methyl sites for hydroxylation is 2. The SMILES string of the molecule is Cc1cc(C)c2[nH]c3c(c2c1)C(N)CC(C)(C)C3. The van der Waals surface area contributed by atoms with E-state index in [1.807, 2.05) is 0 Å². The van der Waals surface area contributed by atoms with E-state index in [1.54, 1.807) is 0 Å². The molecule has 2 heteroatoms. The Balaban J connectivity index is 2.30. The molecule has 2 aromatic rings.